The Labute approximate surface area is 119 Å². The molecule has 0 bridgehead atoms. The second-order valence-corrected chi connectivity index (χ2v) is 5.11. The molecule has 1 aliphatic heterocycles. The first kappa shape index (κ1) is 15.8. The highest BCUT2D eigenvalue weighted by molar-refractivity contribution is 5.69. The number of piperidine rings is 1. The van der Waals surface area contributed by atoms with Crippen LogP contribution in [0.15, 0.2) is 18.2 Å². The maximum atomic E-state index is 13.6. The van der Waals surface area contributed by atoms with Crippen molar-refractivity contribution in [2.24, 2.45) is 0 Å². The number of carboxylic acid groups (broad SMARTS) is 1. The topological polar surface area (TPSA) is 40.5 Å². The molecule has 2 rings (SSSR count). The summed E-state index contributed by atoms with van der Waals surface area (Å²) in [5, 5.41) is 8.87. The van der Waals surface area contributed by atoms with E-state index < -0.39 is 23.5 Å². The van der Waals surface area contributed by atoms with E-state index in [9.17, 15) is 22.4 Å². The molecule has 0 amide bonds. The van der Waals surface area contributed by atoms with Crippen molar-refractivity contribution in [1.82, 2.24) is 4.90 Å². The maximum absolute atomic E-state index is 13.6. The zero-order valence-corrected chi connectivity index (χ0v) is 11.2. The van der Waals surface area contributed by atoms with Gasteiger partial charge in [0.1, 0.15) is 5.82 Å². The van der Waals surface area contributed by atoms with Crippen LogP contribution in [0.2, 0.25) is 0 Å². The molecule has 1 aliphatic rings. The maximum Gasteiger partial charge on any atom is 0.419 e. The number of aliphatic carboxylic acids is 1. The Balaban J connectivity index is 2.27. The first-order chi connectivity index (χ1) is 9.79. The third-order valence-corrected chi connectivity index (χ3v) is 3.64. The van der Waals surface area contributed by atoms with Gasteiger partial charge in [-0.2, -0.15) is 13.2 Å². The van der Waals surface area contributed by atoms with Crippen LogP contribution in [0.4, 0.5) is 17.6 Å². The van der Waals surface area contributed by atoms with E-state index in [1.54, 1.807) is 4.90 Å². The largest absolute Gasteiger partial charge is 0.480 e. The van der Waals surface area contributed by atoms with E-state index in [2.05, 4.69) is 0 Å². The second kappa shape index (κ2) is 6.01. The van der Waals surface area contributed by atoms with Crippen molar-refractivity contribution in [2.75, 3.05) is 13.1 Å². The minimum atomic E-state index is -4.73. The summed E-state index contributed by atoms with van der Waals surface area (Å²) in [4.78, 5) is 12.5. The molecule has 7 heteroatoms. The fourth-order valence-corrected chi connectivity index (χ4v) is 2.70. The molecule has 0 aliphatic carbocycles. The molecule has 1 fully saturated rings. The molecule has 21 heavy (non-hydrogen) atoms. The van der Waals surface area contributed by atoms with E-state index in [1.165, 1.54) is 6.07 Å². The lowest BCUT2D eigenvalue weighted by molar-refractivity contribution is -0.140. The predicted octanol–water partition coefficient (Wildman–Crippen LogP) is 3.46. The predicted molar refractivity (Wildman–Crippen MR) is 67.2 cm³/mol. The fourth-order valence-electron chi connectivity index (χ4n) is 2.70. The van der Waals surface area contributed by atoms with Crippen LogP contribution in [0.3, 0.4) is 0 Å². The van der Waals surface area contributed by atoms with E-state index in [0.717, 1.165) is 25.0 Å². The standard InChI is InChI=1S/C14H15F4NO2/c15-11-7-9(4-5-10(11)14(16,17)18)12-3-1-2-6-19(12)8-13(20)21/h4-5,7,12H,1-3,6,8H2,(H,20,21). The van der Waals surface area contributed by atoms with Gasteiger partial charge in [0, 0.05) is 6.04 Å². The minimum absolute atomic E-state index is 0.201. The van der Waals surface area contributed by atoms with Crippen molar-refractivity contribution in [3.63, 3.8) is 0 Å². The van der Waals surface area contributed by atoms with Gasteiger partial charge in [0.15, 0.2) is 0 Å². The Kier molecular flexibility index (Phi) is 4.51. The number of carboxylic acids is 1. The number of alkyl halides is 3. The minimum Gasteiger partial charge on any atom is -0.480 e. The van der Waals surface area contributed by atoms with Gasteiger partial charge in [0.05, 0.1) is 12.1 Å². The Morgan fingerprint density at radius 2 is 2.05 bits per heavy atom. The highest BCUT2D eigenvalue weighted by atomic mass is 19.4. The van der Waals surface area contributed by atoms with Gasteiger partial charge in [-0.1, -0.05) is 12.5 Å². The van der Waals surface area contributed by atoms with Gasteiger partial charge in [-0.3, -0.25) is 9.69 Å². The number of carbonyl (C=O) groups is 1. The summed E-state index contributed by atoms with van der Waals surface area (Å²) in [6.45, 7) is 0.340. The highest BCUT2D eigenvalue weighted by Gasteiger charge is 2.35. The average molecular weight is 305 g/mol. The van der Waals surface area contributed by atoms with Crippen LogP contribution < -0.4 is 0 Å². The van der Waals surface area contributed by atoms with E-state index in [-0.39, 0.29) is 12.6 Å². The quantitative estimate of drug-likeness (QED) is 0.870. The number of hydrogen-bond donors (Lipinski definition) is 1. The molecule has 0 aromatic heterocycles. The Hall–Kier alpha value is -1.63. The van der Waals surface area contributed by atoms with Gasteiger partial charge in [0.2, 0.25) is 0 Å². The molecule has 0 spiro atoms. The van der Waals surface area contributed by atoms with Crippen LogP contribution in [-0.2, 0) is 11.0 Å². The normalized spacial score (nSPS) is 20.5. The van der Waals surface area contributed by atoms with Crippen LogP contribution in [-0.4, -0.2) is 29.1 Å². The first-order valence-electron chi connectivity index (χ1n) is 6.61. The number of nitrogens with zero attached hydrogens (tertiary/aromatic N) is 1. The van der Waals surface area contributed by atoms with Crippen molar-refractivity contribution < 1.29 is 27.5 Å². The zero-order chi connectivity index (χ0) is 15.6. The molecule has 1 aromatic carbocycles. The van der Waals surface area contributed by atoms with Crippen LogP contribution in [0, 0.1) is 5.82 Å². The lowest BCUT2D eigenvalue weighted by atomic mass is 9.94. The van der Waals surface area contributed by atoms with Gasteiger partial charge >= 0.3 is 12.1 Å². The number of rotatable bonds is 3. The van der Waals surface area contributed by atoms with Gasteiger partial charge in [-0.25, -0.2) is 4.39 Å². The zero-order valence-electron chi connectivity index (χ0n) is 11.2. The molecule has 1 atom stereocenters. The lowest BCUT2D eigenvalue weighted by Gasteiger charge is -2.35. The van der Waals surface area contributed by atoms with Gasteiger partial charge < -0.3 is 5.11 Å². The van der Waals surface area contributed by atoms with E-state index >= 15 is 0 Å². The molecule has 1 N–H and O–H groups in total. The van der Waals surface area contributed by atoms with Gasteiger partial charge in [-0.15, -0.1) is 0 Å². The Morgan fingerprint density at radius 1 is 1.33 bits per heavy atom. The SMILES string of the molecule is O=C(O)CN1CCCCC1c1ccc(C(F)(F)F)c(F)c1. The fraction of sp³-hybridized carbons (Fsp3) is 0.500. The molecule has 116 valence electrons. The third kappa shape index (κ3) is 3.72. The molecule has 1 saturated heterocycles. The Morgan fingerprint density at radius 3 is 2.62 bits per heavy atom. The summed E-state index contributed by atoms with van der Waals surface area (Å²) in [7, 11) is 0. The van der Waals surface area contributed by atoms with Crippen LogP contribution in [0.25, 0.3) is 0 Å². The summed E-state index contributed by atoms with van der Waals surface area (Å²) in [6, 6.07) is 2.47. The summed E-state index contributed by atoms with van der Waals surface area (Å²) in [5.41, 5.74) is -0.909. The van der Waals surface area contributed by atoms with Crippen molar-refractivity contribution in [2.45, 2.75) is 31.5 Å². The molecular weight excluding hydrogens is 290 g/mol. The molecule has 1 heterocycles. The number of benzene rings is 1. The third-order valence-electron chi connectivity index (χ3n) is 3.64. The monoisotopic (exact) mass is 305 g/mol. The number of halogens is 4. The smallest absolute Gasteiger partial charge is 0.419 e. The summed E-state index contributed by atoms with van der Waals surface area (Å²) in [5.74, 6) is -2.32. The van der Waals surface area contributed by atoms with Crippen LogP contribution in [0.5, 0.6) is 0 Å². The number of likely N-dealkylation sites (tertiary alicyclic amines) is 1. The van der Waals surface area contributed by atoms with E-state index in [4.69, 9.17) is 5.11 Å². The van der Waals surface area contributed by atoms with Crippen LogP contribution in [0.1, 0.15) is 36.4 Å². The van der Waals surface area contributed by atoms with Gasteiger partial charge in [0.25, 0.3) is 0 Å². The molecule has 3 nitrogen and oxygen atoms in total. The first-order valence-corrected chi connectivity index (χ1v) is 6.61. The Bertz CT molecular complexity index is 530. The summed E-state index contributed by atoms with van der Waals surface area (Å²) < 4.78 is 51.3. The summed E-state index contributed by atoms with van der Waals surface area (Å²) >= 11 is 0. The average Bonchev–Trinajstić information content (AvgIpc) is 2.37. The highest BCUT2D eigenvalue weighted by Crippen LogP contribution is 2.35. The van der Waals surface area contributed by atoms with Gasteiger partial charge in [-0.05, 0) is 37.1 Å². The molecule has 1 unspecified atom stereocenters. The lowest BCUT2D eigenvalue weighted by Crippen LogP contribution is -2.37. The molecular formula is C14H15F4NO2. The number of hydrogen-bond acceptors (Lipinski definition) is 2. The second-order valence-electron chi connectivity index (χ2n) is 5.11. The van der Waals surface area contributed by atoms with E-state index in [1.807, 2.05) is 0 Å². The van der Waals surface area contributed by atoms with Crippen LogP contribution >= 0.6 is 0 Å². The molecule has 0 radical (unpaired) electrons. The van der Waals surface area contributed by atoms with Crippen molar-refractivity contribution in [1.29, 1.82) is 0 Å². The van der Waals surface area contributed by atoms with Crippen molar-refractivity contribution >= 4 is 5.97 Å². The van der Waals surface area contributed by atoms with Crippen molar-refractivity contribution in [3.8, 4) is 0 Å². The van der Waals surface area contributed by atoms with E-state index in [0.29, 0.717) is 18.5 Å². The summed E-state index contributed by atoms with van der Waals surface area (Å²) in [6.07, 6.45) is -2.45. The molecule has 0 saturated carbocycles. The van der Waals surface area contributed by atoms with Crippen molar-refractivity contribution in [3.05, 3.63) is 35.1 Å². The molecule has 1 aromatic rings.